The number of hydrogen-bond acceptors (Lipinski definition) is 4. The van der Waals surface area contributed by atoms with Crippen LogP contribution in [0.15, 0.2) is 0 Å². The Bertz CT molecular complexity index is 369. The number of esters is 1. The van der Waals surface area contributed by atoms with Gasteiger partial charge in [-0.1, -0.05) is 32.6 Å². The van der Waals surface area contributed by atoms with Crippen LogP contribution in [0.1, 0.15) is 34.6 Å². The van der Waals surface area contributed by atoms with Gasteiger partial charge in [-0.05, 0) is 6.92 Å². The number of carbonyl (C=O) groups is 1. The lowest BCUT2D eigenvalue weighted by Crippen LogP contribution is -2.43. The Balaban J connectivity index is 2.69. The van der Waals surface area contributed by atoms with Crippen LogP contribution in [-0.2, 0) is 14.3 Å². The van der Waals surface area contributed by atoms with E-state index in [9.17, 15) is 4.79 Å². The molecule has 0 aromatic heterocycles. The van der Waals surface area contributed by atoms with Gasteiger partial charge < -0.3 is 9.47 Å². The molecule has 0 aromatic rings. The lowest BCUT2D eigenvalue weighted by Gasteiger charge is -2.36. The van der Waals surface area contributed by atoms with Crippen molar-refractivity contribution in [2.24, 2.45) is 5.41 Å². The highest BCUT2D eigenvalue weighted by molar-refractivity contribution is 5.67. The van der Waals surface area contributed by atoms with E-state index < -0.39 is 5.60 Å². The van der Waals surface area contributed by atoms with Gasteiger partial charge in [0.15, 0.2) is 5.60 Å². The van der Waals surface area contributed by atoms with Crippen LogP contribution in [0.4, 0.5) is 0 Å². The molecule has 0 aliphatic carbocycles. The van der Waals surface area contributed by atoms with Gasteiger partial charge in [0.1, 0.15) is 0 Å². The second-order valence-electron chi connectivity index (χ2n) is 6.07. The van der Waals surface area contributed by atoms with Crippen LogP contribution in [0.2, 0.25) is 0 Å². The van der Waals surface area contributed by atoms with Gasteiger partial charge in [-0.3, -0.25) is 9.69 Å². The fraction of sp³-hybridized carbons (Fsp3) is 0.800. The lowest BCUT2D eigenvalue weighted by molar-refractivity contribution is -0.158. The average molecular weight is 267 g/mol. The Labute approximate surface area is 116 Å². The molecule has 0 aromatic carbocycles. The van der Waals surface area contributed by atoms with Crippen LogP contribution in [-0.4, -0.2) is 49.3 Å². The standard InChI is InChI=1S/C15H25NO3/c1-13(17)19-15(5,14(2,3)4)7-6-8-16-9-11-18-12-10-16/h8-12H2,1-5H3. The first kappa shape index (κ1) is 16.0. The summed E-state index contributed by atoms with van der Waals surface area (Å²) in [5.74, 6) is 6.00. The van der Waals surface area contributed by atoms with Crippen molar-refractivity contribution in [1.29, 1.82) is 0 Å². The number of nitrogens with zero attached hydrogens (tertiary/aromatic N) is 1. The van der Waals surface area contributed by atoms with Gasteiger partial charge in [0.2, 0.25) is 0 Å². The summed E-state index contributed by atoms with van der Waals surface area (Å²) in [4.78, 5) is 13.5. The molecule has 19 heavy (non-hydrogen) atoms. The highest BCUT2D eigenvalue weighted by Crippen LogP contribution is 2.33. The topological polar surface area (TPSA) is 38.8 Å². The molecule has 0 N–H and O–H groups in total. The van der Waals surface area contributed by atoms with Crippen molar-refractivity contribution >= 4 is 5.97 Å². The van der Waals surface area contributed by atoms with E-state index in [0.29, 0.717) is 6.54 Å². The van der Waals surface area contributed by atoms with E-state index in [0.717, 1.165) is 26.3 Å². The average Bonchev–Trinajstić information content (AvgIpc) is 2.28. The van der Waals surface area contributed by atoms with Crippen molar-refractivity contribution < 1.29 is 14.3 Å². The molecule has 1 fully saturated rings. The van der Waals surface area contributed by atoms with Crippen molar-refractivity contribution in [3.05, 3.63) is 0 Å². The molecule has 4 heteroatoms. The Morgan fingerprint density at radius 2 is 1.84 bits per heavy atom. The molecule has 0 spiro atoms. The molecule has 1 rings (SSSR count). The smallest absolute Gasteiger partial charge is 0.304 e. The van der Waals surface area contributed by atoms with E-state index in [4.69, 9.17) is 9.47 Å². The first-order chi connectivity index (χ1) is 8.74. The van der Waals surface area contributed by atoms with Crippen LogP contribution < -0.4 is 0 Å². The van der Waals surface area contributed by atoms with Crippen LogP contribution in [0.25, 0.3) is 0 Å². The molecule has 0 bridgehead atoms. The first-order valence-electron chi connectivity index (χ1n) is 6.74. The predicted octanol–water partition coefficient (Wildman–Crippen LogP) is 1.69. The summed E-state index contributed by atoms with van der Waals surface area (Å²) < 4.78 is 10.7. The molecule has 108 valence electrons. The molecule has 0 radical (unpaired) electrons. The summed E-state index contributed by atoms with van der Waals surface area (Å²) in [6.07, 6.45) is 0. The molecule has 4 nitrogen and oxygen atoms in total. The van der Waals surface area contributed by atoms with Crippen molar-refractivity contribution in [1.82, 2.24) is 4.90 Å². The number of ether oxygens (including phenoxy) is 2. The highest BCUT2D eigenvalue weighted by atomic mass is 16.6. The summed E-state index contributed by atoms with van der Waals surface area (Å²) >= 11 is 0. The van der Waals surface area contributed by atoms with E-state index in [1.54, 1.807) is 0 Å². The summed E-state index contributed by atoms with van der Waals surface area (Å²) in [5.41, 5.74) is -0.984. The van der Waals surface area contributed by atoms with E-state index in [2.05, 4.69) is 16.7 Å². The van der Waals surface area contributed by atoms with Gasteiger partial charge in [0.25, 0.3) is 0 Å². The lowest BCUT2D eigenvalue weighted by atomic mass is 9.78. The number of rotatable bonds is 2. The van der Waals surface area contributed by atoms with Crippen molar-refractivity contribution in [3.8, 4) is 11.8 Å². The number of hydrogen-bond donors (Lipinski definition) is 0. The minimum Gasteiger partial charge on any atom is -0.446 e. The third kappa shape index (κ3) is 4.85. The van der Waals surface area contributed by atoms with Gasteiger partial charge in [0, 0.05) is 25.4 Å². The zero-order valence-corrected chi connectivity index (χ0v) is 12.7. The van der Waals surface area contributed by atoms with Gasteiger partial charge in [-0.15, -0.1) is 0 Å². The second kappa shape index (κ2) is 6.40. The summed E-state index contributed by atoms with van der Waals surface area (Å²) in [5, 5.41) is 0. The monoisotopic (exact) mass is 267 g/mol. The fourth-order valence-corrected chi connectivity index (χ4v) is 1.73. The first-order valence-corrected chi connectivity index (χ1v) is 6.74. The fourth-order valence-electron chi connectivity index (χ4n) is 1.73. The van der Waals surface area contributed by atoms with Gasteiger partial charge in [-0.2, -0.15) is 0 Å². The predicted molar refractivity (Wildman–Crippen MR) is 74.7 cm³/mol. The molecule has 0 amide bonds. The molecule has 0 saturated carbocycles. The zero-order valence-electron chi connectivity index (χ0n) is 12.7. The molecule has 1 atom stereocenters. The third-order valence-corrected chi connectivity index (χ3v) is 3.51. The second-order valence-corrected chi connectivity index (χ2v) is 6.07. The van der Waals surface area contributed by atoms with Crippen LogP contribution in [0.5, 0.6) is 0 Å². The quantitative estimate of drug-likeness (QED) is 0.564. The molecule has 1 aliphatic rings. The van der Waals surface area contributed by atoms with Crippen LogP contribution in [0.3, 0.4) is 0 Å². The summed E-state index contributed by atoms with van der Waals surface area (Å²) in [6.45, 7) is 13.4. The maximum Gasteiger partial charge on any atom is 0.304 e. The van der Waals surface area contributed by atoms with Gasteiger partial charge in [-0.25, -0.2) is 0 Å². The van der Waals surface area contributed by atoms with Crippen LogP contribution in [0, 0.1) is 17.3 Å². The zero-order chi connectivity index (χ0) is 14.5. The summed E-state index contributed by atoms with van der Waals surface area (Å²) in [6, 6.07) is 0. The molecule has 1 saturated heterocycles. The maximum atomic E-state index is 11.3. The summed E-state index contributed by atoms with van der Waals surface area (Å²) in [7, 11) is 0. The Morgan fingerprint density at radius 3 is 2.32 bits per heavy atom. The van der Waals surface area contributed by atoms with E-state index >= 15 is 0 Å². The van der Waals surface area contributed by atoms with Crippen LogP contribution >= 0.6 is 0 Å². The van der Waals surface area contributed by atoms with E-state index in [1.165, 1.54) is 6.92 Å². The third-order valence-electron chi connectivity index (χ3n) is 3.51. The molecule has 1 unspecified atom stereocenters. The normalized spacial score (nSPS) is 20.1. The number of carbonyl (C=O) groups excluding carboxylic acids is 1. The van der Waals surface area contributed by atoms with Crippen molar-refractivity contribution in [2.75, 3.05) is 32.8 Å². The minimum absolute atomic E-state index is 0.226. The number of morpholine rings is 1. The Morgan fingerprint density at radius 1 is 1.26 bits per heavy atom. The molecular formula is C15H25NO3. The van der Waals surface area contributed by atoms with Gasteiger partial charge in [0.05, 0.1) is 19.8 Å². The maximum absolute atomic E-state index is 11.3. The van der Waals surface area contributed by atoms with E-state index in [1.807, 2.05) is 27.7 Å². The van der Waals surface area contributed by atoms with Gasteiger partial charge >= 0.3 is 5.97 Å². The Kier molecular flexibility index (Phi) is 5.39. The highest BCUT2D eigenvalue weighted by Gasteiger charge is 2.39. The molecule has 1 heterocycles. The van der Waals surface area contributed by atoms with Crippen molar-refractivity contribution in [2.45, 2.75) is 40.2 Å². The van der Waals surface area contributed by atoms with E-state index in [-0.39, 0.29) is 11.4 Å². The minimum atomic E-state index is -0.759. The SMILES string of the molecule is CC(=O)OC(C)(C#CCN1CCOCC1)C(C)(C)C. The Hall–Kier alpha value is -1.05. The molecular weight excluding hydrogens is 242 g/mol. The van der Waals surface area contributed by atoms with Crippen molar-refractivity contribution in [3.63, 3.8) is 0 Å². The largest absolute Gasteiger partial charge is 0.446 e. The molecule has 1 aliphatic heterocycles.